The Morgan fingerprint density at radius 3 is 2.62 bits per heavy atom. The highest BCUT2D eigenvalue weighted by Crippen LogP contribution is 2.33. The van der Waals surface area contributed by atoms with Crippen molar-refractivity contribution in [3.63, 3.8) is 0 Å². The number of carbonyl (C=O) groups excluding carboxylic acids is 1. The minimum Gasteiger partial charge on any atom is -0.504 e. The van der Waals surface area contributed by atoms with Crippen molar-refractivity contribution in [2.45, 2.75) is 64.2 Å². The molecule has 0 aliphatic carbocycles. The summed E-state index contributed by atoms with van der Waals surface area (Å²) in [6, 6.07) is 5.70. The first-order valence-electron chi connectivity index (χ1n) is 9.77. The van der Waals surface area contributed by atoms with Crippen LogP contribution in [-0.2, 0) is 9.53 Å². The monoisotopic (exact) mass is 365 g/mol. The van der Waals surface area contributed by atoms with Gasteiger partial charge < -0.3 is 19.9 Å². The summed E-state index contributed by atoms with van der Waals surface area (Å²) in [7, 11) is 3.35. The van der Waals surface area contributed by atoms with Gasteiger partial charge in [-0.15, -0.1) is 0 Å². The Labute approximate surface area is 158 Å². The minimum atomic E-state index is 0.124. The summed E-state index contributed by atoms with van der Waals surface area (Å²) in [4.78, 5) is 11.2. The smallest absolute Gasteiger partial charge is 0.219 e. The summed E-state index contributed by atoms with van der Waals surface area (Å²) in [5.41, 5.74) is 1.22. The maximum atomic E-state index is 11.2. The van der Waals surface area contributed by atoms with Crippen molar-refractivity contribution in [2.24, 2.45) is 0 Å². The quantitative estimate of drug-likeness (QED) is 0.480. The van der Waals surface area contributed by atoms with Gasteiger partial charge in [-0.1, -0.05) is 32.3 Å². The van der Waals surface area contributed by atoms with Gasteiger partial charge in [-0.2, -0.15) is 0 Å². The maximum absolute atomic E-state index is 11.2. The average Bonchev–Trinajstić information content (AvgIpc) is 2.66. The fraction of sp³-hybridized carbons (Fsp3) is 0.667. The van der Waals surface area contributed by atoms with Crippen LogP contribution in [0.25, 0.3) is 0 Å². The molecule has 26 heavy (non-hydrogen) atoms. The molecule has 0 spiro atoms. The van der Waals surface area contributed by atoms with Gasteiger partial charge in [0, 0.05) is 33.6 Å². The number of hydrogen-bond acceptors (Lipinski definition) is 4. The molecule has 0 aliphatic rings. The van der Waals surface area contributed by atoms with E-state index in [1.807, 2.05) is 12.1 Å². The standard InChI is InChI=1S/C21H35NO4/c1-4-17(10-7-5-6-8-11-21(24)22-2)18-12-13-19(23)20(16-18)26-15-9-14-25-3/h12-13,16-17,23H,4-11,14-15H2,1-3H3,(H,22,24)/t17-/m1/s1. The molecule has 0 saturated carbocycles. The highest BCUT2D eigenvalue weighted by Gasteiger charge is 2.12. The predicted molar refractivity (Wildman–Crippen MR) is 105 cm³/mol. The van der Waals surface area contributed by atoms with Crippen LogP contribution in [0.5, 0.6) is 11.5 Å². The van der Waals surface area contributed by atoms with Crippen molar-refractivity contribution in [3.05, 3.63) is 23.8 Å². The zero-order valence-electron chi connectivity index (χ0n) is 16.6. The average molecular weight is 366 g/mol. The first-order chi connectivity index (χ1) is 12.6. The van der Waals surface area contributed by atoms with E-state index in [4.69, 9.17) is 9.47 Å². The molecule has 0 unspecified atom stereocenters. The van der Waals surface area contributed by atoms with Crippen molar-refractivity contribution in [2.75, 3.05) is 27.4 Å². The van der Waals surface area contributed by atoms with E-state index >= 15 is 0 Å². The van der Waals surface area contributed by atoms with Crippen molar-refractivity contribution in [1.29, 1.82) is 0 Å². The lowest BCUT2D eigenvalue weighted by molar-refractivity contribution is -0.120. The topological polar surface area (TPSA) is 67.8 Å². The van der Waals surface area contributed by atoms with E-state index in [-0.39, 0.29) is 11.7 Å². The molecule has 0 radical (unpaired) electrons. The second kappa shape index (κ2) is 13.5. The third-order valence-electron chi connectivity index (χ3n) is 4.68. The number of carbonyl (C=O) groups is 1. The number of hydrogen-bond donors (Lipinski definition) is 2. The summed E-state index contributed by atoms with van der Waals surface area (Å²) in [6.45, 7) is 3.38. The number of phenolic OH excluding ortho intramolecular Hbond substituents is 1. The van der Waals surface area contributed by atoms with E-state index in [0.29, 0.717) is 31.3 Å². The maximum Gasteiger partial charge on any atom is 0.219 e. The van der Waals surface area contributed by atoms with Gasteiger partial charge in [0.15, 0.2) is 11.5 Å². The number of methoxy groups -OCH3 is 1. The van der Waals surface area contributed by atoms with Crippen molar-refractivity contribution >= 4 is 5.91 Å². The van der Waals surface area contributed by atoms with Crippen LogP contribution in [0.4, 0.5) is 0 Å². The number of benzene rings is 1. The minimum absolute atomic E-state index is 0.124. The van der Waals surface area contributed by atoms with Gasteiger partial charge in [-0.05, 0) is 42.9 Å². The number of ether oxygens (including phenoxy) is 2. The van der Waals surface area contributed by atoms with Crippen LogP contribution in [0.15, 0.2) is 18.2 Å². The Morgan fingerprint density at radius 1 is 1.15 bits per heavy atom. The number of phenols is 1. The van der Waals surface area contributed by atoms with E-state index < -0.39 is 0 Å². The molecule has 5 heteroatoms. The van der Waals surface area contributed by atoms with Gasteiger partial charge in [0.2, 0.25) is 5.91 Å². The Morgan fingerprint density at radius 2 is 1.92 bits per heavy atom. The van der Waals surface area contributed by atoms with E-state index in [0.717, 1.165) is 44.9 Å². The third-order valence-corrected chi connectivity index (χ3v) is 4.68. The van der Waals surface area contributed by atoms with Gasteiger partial charge in [-0.3, -0.25) is 4.79 Å². The van der Waals surface area contributed by atoms with Gasteiger partial charge in [-0.25, -0.2) is 0 Å². The van der Waals surface area contributed by atoms with Crippen molar-refractivity contribution in [1.82, 2.24) is 5.32 Å². The molecule has 2 N–H and O–H groups in total. The van der Waals surface area contributed by atoms with Crippen LogP contribution in [-0.4, -0.2) is 38.4 Å². The molecule has 5 nitrogen and oxygen atoms in total. The van der Waals surface area contributed by atoms with E-state index in [1.54, 1.807) is 20.2 Å². The summed E-state index contributed by atoms with van der Waals surface area (Å²) >= 11 is 0. The zero-order valence-corrected chi connectivity index (χ0v) is 16.6. The lowest BCUT2D eigenvalue weighted by atomic mass is 9.90. The van der Waals surface area contributed by atoms with Crippen LogP contribution in [0.2, 0.25) is 0 Å². The molecular formula is C21H35NO4. The van der Waals surface area contributed by atoms with E-state index in [1.165, 1.54) is 5.56 Å². The SMILES string of the molecule is CC[C@H](CCCCCCC(=O)NC)c1ccc(O)c(OCCCOC)c1. The van der Waals surface area contributed by atoms with Crippen molar-refractivity contribution < 1.29 is 19.4 Å². The predicted octanol–water partition coefficient (Wildman–Crippen LogP) is 4.39. The summed E-state index contributed by atoms with van der Waals surface area (Å²) in [5, 5.41) is 12.7. The summed E-state index contributed by atoms with van der Waals surface area (Å²) in [6.07, 6.45) is 7.94. The van der Waals surface area contributed by atoms with E-state index in [2.05, 4.69) is 12.2 Å². The molecule has 148 valence electrons. The van der Waals surface area contributed by atoms with Crippen molar-refractivity contribution in [3.8, 4) is 11.5 Å². The van der Waals surface area contributed by atoms with Gasteiger partial charge in [0.05, 0.1) is 6.61 Å². The second-order valence-corrected chi connectivity index (χ2v) is 6.65. The van der Waals surface area contributed by atoms with Crippen LogP contribution in [0.1, 0.15) is 69.8 Å². The molecule has 1 rings (SSSR count). The molecule has 0 saturated heterocycles. The number of rotatable bonds is 14. The molecule has 1 aromatic carbocycles. The van der Waals surface area contributed by atoms with Crippen LogP contribution >= 0.6 is 0 Å². The van der Waals surface area contributed by atoms with Gasteiger partial charge >= 0.3 is 0 Å². The Bertz CT molecular complexity index is 519. The molecule has 0 aliphatic heterocycles. The third kappa shape index (κ3) is 8.56. The van der Waals surface area contributed by atoms with Gasteiger partial charge in [0.1, 0.15) is 0 Å². The molecule has 0 heterocycles. The summed E-state index contributed by atoms with van der Waals surface area (Å²) < 4.78 is 10.7. The van der Waals surface area contributed by atoms with Crippen LogP contribution < -0.4 is 10.1 Å². The Hall–Kier alpha value is -1.75. The molecule has 1 atom stereocenters. The Balaban J connectivity index is 2.44. The molecule has 1 amide bonds. The molecule has 0 fully saturated rings. The number of unbranched alkanes of at least 4 members (excludes halogenated alkanes) is 3. The number of aromatic hydroxyl groups is 1. The first kappa shape index (κ1) is 22.3. The molecule has 0 bridgehead atoms. The van der Waals surface area contributed by atoms with Crippen LogP contribution in [0, 0.1) is 0 Å². The normalized spacial score (nSPS) is 12.0. The largest absolute Gasteiger partial charge is 0.504 e. The Kier molecular flexibility index (Phi) is 11.5. The number of amides is 1. The fourth-order valence-electron chi connectivity index (χ4n) is 3.05. The zero-order chi connectivity index (χ0) is 19.2. The number of nitrogens with one attached hydrogen (secondary N) is 1. The molecular weight excluding hydrogens is 330 g/mol. The lowest BCUT2D eigenvalue weighted by Crippen LogP contribution is -2.16. The summed E-state index contributed by atoms with van der Waals surface area (Å²) in [5.74, 6) is 1.34. The van der Waals surface area contributed by atoms with E-state index in [9.17, 15) is 9.90 Å². The second-order valence-electron chi connectivity index (χ2n) is 6.65. The lowest BCUT2D eigenvalue weighted by Gasteiger charge is -2.17. The molecule has 0 aromatic heterocycles. The molecule has 1 aromatic rings. The highest BCUT2D eigenvalue weighted by atomic mass is 16.5. The fourth-order valence-corrected chi connectivity index (χ4v) is 3.05. The van der Waals surface area contributed by atoms with Gasteiger partial charge in [0.25, 0.3) is 0 Å². The highest BCUT2D eigenvalue weighted by molar-refractivity contribution is 5.75. The van der Waals surface area contributed by atoms with Crippen LogP contribution in [0.3, 0.4) is 0 Å². The first-order valence-corrected chi connectivity index (χ1v) is 9.77.